The Morgan fingerprint density at radius 2 is 1.84 bits per heavy atom. The SMILES string of the molecule is Cc1cc(C(C)(C)C)ccc1Oc1ccncc1N. The molecule has 0 aliphatic carbocycles. The molecule has 2 N–H and O–H groups in total. The molecule has 1 heterocycles. The number of benzene rings is 1. The van der Waals surface area contributed by atoms with Crippen molar-refractivity contribution in [2.45, 2.75) is 33.1 Å². The summed E-state index contributed by atoms with van der Waals surface area (Å²) in [5.74, 6) is 1.47. The van der Waals surface area contributed by atoms with Gasteiger partial charge in [0.05, 0.1) is 11.9 Å². The van der Waals surface area contributed by atoms with Crippen molar-refractivity contribution < 1.29 is 4.74 Å². The number of nitrogens with two attached hydrogens (primary N) is 1. The Morgan fingerprint density at radius 1 is 1.11 bits per heavy atom. The van der Waals surface area contributed by atoms with Gasteiger partial charge in [0.2, 0.25) is 0 Å². The zero-order valence-corrected chi connectivity index (χ0v) is 11.9. The molecular formula is C16H20N2O. The fourth-order valence-electron chi connectivity index (χ4n) is 1.84. The highest BCUT2D eigenvalue weighted by Gasteiger charge is 2.15. The standard InChI is InChI=1S/C16H20N2O/c1-11-9-12(16(2,3)4)5-6-14(11)19-15-7-8-18-10-13(15)17/h5-10H,17H2,1-4H3. The van der Waals surface area contributed by atoms with Crippen LogP contribution in [0.5, 0.6) is 11.5 Å². The molecule has 2 rings (SSSR count). The van der Waals surface area contributed by atoms with Gasteiger partial charge in [0.1, 0.15) is 5.75 Å². The summed E-state index contributed by atoms with van der Waals surface area (Å²) in [5, 5.41) is 0. The molecule has 1 aromatic carbocycles. The number of anilines is 1. The zero-order chi connectivity index (χ0) is 14.0. The van der Waals surface area contributed by atoms with Crippen molar-refractivity contribution in [2.24, 2.45) is 0 Å². The molecule has 0 amide bonds. The molecule has 0 radical (unpaired) electrons. The largest absolute Gasteiger partial charge is 0.455 e. The van der Waals surface area contributed by atoms with Crippen molar-refractivity contribution in [2.75, 3.05) is 5.73 Å². The lowest BCUT2D eigenvalue weighted by atomic mass is 9.86. The molecule has 0 aliphatic heterocycles. The van der Waals surface area contributed by atoms with Crippen molar-refractivity contribution in [3.63, 3.8) is 0 Å². The molecule has 0 spiro atoms. The third-order valence-corrected chi connectivity index (χ3v) is 3.07. The average molecular weight is 256 g/mol. The summed E-state index contributed by atoms with van der Waals surface area (Å²) >= 11 is 0. The van der Waals surface area contributed by atoms with Gasteiger partial charge in [-0.2, -0.15) is 0 Å². The van der Waals surface area contributed by atoms with Crippen LogP contribution in [0.15, 0.2) is 36.7 Å². The number of aryl methyl sites for hydroxylation is 1. The van der Waals surface area contributed by atoms with Crippen molar-refractivity contribution in [3.05, 3.63) is 47.8 Å². The molecule has 3 heteroatoms. The van der Waals surface area contributed by atoms with E-state index >= 15 is 0 Å². The Hall–Kier alpha value is -2.03. The van der Waals surface area contributed by atoms with Crippen LogP contribution in [-0.2, 0) is 5.41 Å². The lowest BCUT2D eigenvalue weighted by Crippen LogP contribution is -2.11. The summed E-state index contributed by atoms with van der Waals surface area (Å²) in [6.45, 7) is 8.64. The van der Waals surface area contributed by atoms with E-state index in [0.717, 1.165) is 11.3 Å². The van der Waals surface area contributed by atoms with Gasteiger partial charge < -0.3 is 10.5 Å². The first-order chi connectivity index (χ1) is 8.88. The van der Waals surface area contributed by atoms with Gasteiger partial charge in [-0.1, -0.05) is 32.9 Å². The molecule has 0 fully saturated rings. The highest BCUT2D eigenvalue weighted by atomic mass is 16.5. The molecule has 0 saturated carbocycles. The molecular weight excluding hydrogens is 236 g/mol. The minimum absolute atomic E-state index is 0.138. The molecule has 19 heavy (non-hydrogen) atoms. The van der Waals surface area contributed by atoms with E-state index < -0.39 is 0 Å². The number of aromatic nitrogens is 1. The van der Waals surface area contributed by atoms with Crippen molar-refractivity contribution in [1.29, 1.82) is 0 Å². The first kappa shape index (κ1) is 13.4. The van der Waals surface area contributed by atoms with Crippen LogP contribution in [0.4, 0.5) is 5.69 Å². The summed E-state index contributed by atoms with van der Waals surface area (Å²) in [4.78, 5) is 3.95. The van der Waals surface area contributed by atoms with Crippen molar-refractivity contribution in [1.82, 2.24) is 4.98 Å². The monoisotopic (exact) mass is 256 g/mol. The summed E-state index contributed by atoms with van der Waals surface area (Å²) in [6, 6.07) is 8.02. The van der Waals surface area contributed by atoms with Gasteiger partial charge in [0.15, 0.2) is 5.75 Å². The topological polar surface area (TPSA) is 48.1 Å². The second-order valence-corrected chi connectivity index (χ2v) is 5.75. The van der Waals surface area contributed by atoms with Crippen LogP contribution in [0.2, 0.25) is 0 Å². The second-order valence-electron chi connectivity index (χ2n) is 5.75. The van der Waals surface area contributed by atoms with Gasteiger partial charge in [-0.3, -0.25) is 4.98 Å². The third kappa shape index (κ3) is 3.05. The molecule has 3 nitrogen and oxygen atoms in total. The van der Waals surface area contributed by atoms with E-state index in [4.69, 9.17) is 10.5 Å². The zero-order valence-electron chi connectivity index (χ0n) is 11.9. The predicted octanol–water partition coefficient (Wildman–Crippen LogP) is 4.06. The van der Waals surface area contributed by atoms with E-state index in [-0.39, 0.29) is 5.41 Å². The van der Waals surface area contributed by atoms with E-state index in [1.54, 1.807) is 18.5 Å². The number of ether oxygens (including phenoxy) is 1. The summed E-state index contributed by atoms with van der Waals surface area (Å²) in [7, 11) is 0. The first-order valence-electron chi connectivity index (χ1n) is 6.36. The minimum atomic E-state index is 0.138. The van der Waals surface area contributed by atoms with Crippen LogP contribution < -0.4 is 10.5 Å². The van der Waals surface area contributed by atoms with Gasteiger partial charge in [-0.15, -0.1) is 0 Å². The minimum Gasteiger partial charge on any atom is -0.455 e. The Morgan fingerprint density at radius 3 is 2.42 bits per heavy atom. The Kier molecular flexibility index (Phi) is 3.47. The van der Waals surface area contributed by atoms with Gasteiger partial charge in [-0.05, 0) is 29.5 Å². The van der Waals surface area contributed by atoms with Crippen molar-refractivity contribution >= 4 is 5.69 Å². The van der Waals surface area contributed by atoms with Gasteiger partial charge in [-0.25, -0.2) is 0 Å². The van der Waals surface area contributed by atoms with E-state index in [2.05, 4.69) is 37.9 Å². The molecule has 0 bridgehead atoms. The lowest BCUT2D eigenvalue weighted by Gasteiger charge is -2.20. The quantitative estimate of drug-likeness (QED) is 0.881. The number of hydrogen-bond acceptors (Lipinski definition) is 3. The summed E-state index contributed by atoms with van der Waals surface area (Å²) < 4.78 is 5.84. The van der Waals surface area contributed by atoms with Gasteiger partial charge in [0.25, 0.3) is 0 Å². The van der Waals surface area contributed by atoms with Gasteiger partial charge in [0, 0.05) is 12.3 Å². The highest BCUT2D eigenvalue weighted by Crippen LogP contribution is 2.32. The fourth-order valence-corrected chi connectivity index (χ4v) is 1.84. The molecule has 100 valence electrons. The lowest BCUT2D eigenvalue weighted by molar-refractivity contribution is 0.479. The highest BCUT2D eigenvalue weighted by molar-refractivity contribution is 5.52. The maximum Gasteiger partial charge on any atom is 0.153 e. The predicted molar refractivity (Wildman–Crippen MR) is 78.6 cm³/mol. The molecule has 0 saturated heterocycles. The maximum absolute atomic E-state index is 5.84. The molecule has 2 aromatic rings. The van der Waals surface area contributed by atoms with Crippen LogP contribution in [0.25, 0.3) is 0 Å². The first-order valence-corrected chi connectivity index (χ1v) is 6.36. The van der Waals surface area contributed by atoms with E-state index in [1.807, 2.05) is 13.0 Å². The van der Waals surface area contributed by atoms with Crippen LogP contribution in [0, 0.1) is 6.92 Å². The Bertz CT molecular complexity index is 586. The second kappa shape index (κ2) is 4.92. The number of hydrogen-bond donors (Lipinski definition) is 1. The average Bonchev–Trinajstić information content (AvgIpc) is 2.33. The number of rotatable bonds is 2. The van der Waals surface area contributed by atoms with E-state index in [9.17, 15) is 0 Å². The molecule has 1 aromatic heterocycles. The Labute approximate surface area is 114 Å². The molecule has 0 unspecified atom stereocenters. The summed E-state index contributed by atoms with van der Waals surface area (Å²) in [5.41, 5.74) is 8.90. The van der Waals surface area contributed by atoms with Crippen molar-refractivity contribution in [3.8, 4) is 11.5 Å². The van der Waals surface area contributed by atoms with E-state index in [0.29, 0.717) is 11.4 Å². The van der Waals surface area contributed by atoms with Gasteiger partial charge >= 0.3 is 0 Å². The number of pyridine rings is 1. The smallest absolute Gasteiger partial charge is 0.153 e. The third-order valence-electron chi connectivity index (χ3n) is 3.07. The van der Waals surface area contributed by atoms with Crippen LogP contribution in [-0.4, -0.2) is 4.98 Å². The normalized spacial score (nSPS) is 11.4. The summed E-state index contributed by atoms with van der Waals surface area (Å²) in [6.07, 6.45) is 3.26. The van der Waals surface area contributed by atoms with Crippen LogP contribution >= 0.6 is 0 Å². The number of nitrogen functional groups attached to an aromatic ring is 1. The molecule has 0 atom stereocenters. The van der Waals surface area contributed by atoms with Crippen LogP contribution in [0.3, 0.4) is 0 Å². The molecule has 0 aliphatic rings. The fraction of sp³-hybridized carbons (Fsp3) is 0.312. The number of nitrogens with zero attached hydrogens (tertiary/aromatic N) is 1. The van der Waals surface area contributed by atoms with Crippen LogP contribution in [0.1, 0.15) is 31.9 Å². The Balaban J connectivity index is 2.30. The maximum atomic E-state index is 5.84. The van der Waals surface area contributed by atoms with E-state index in [1.165, 1.54) is 5.56 Å².